The largest absolute Gasteiger partial charge is 0.492 e. The van der Waals surface area contributed by atoms with E-state index in [4.69, 9.17) is 4.74 Å². The first-order chi connectivity index (χ1) is 14.3. The topological polar surface area (TPSA) is 41.6 Å². The number of fused-ring (bicyclic) bond motifs is 1. The fraction of sp³-hybridized carbons (Fsp3) is 0.320. The van der Waals surface area contributed by atoms with Crippen LogP contribution in [0.2, 0.25) is 0 Å². The summed E-state index contributed by atoms with van der Waals surface area (Å²) in [5, 5.41) is 5.28. The van der Waals surface area contributed by atoms with Crippen molar-refractivity contribution in [3.8, 4) is 5.75 Å². The molecule has 1 saturated heterocycles. The fourth-order valence-corrected chi connectivity index (χ4v) is 3.83. The highest BCUT2D eigenvalue weighted by atomic mass is 16.5. The molecule has 4 heteroatoms. The number of hydrogen-bond acceptors (Lipinski definition) is 3. The normalized spacial score (nSPS) is 14.6. The summed E-state index contributed by atoms with van der Waals surface area (Å²) in [5.41, 5.74) is 1.96. The van der Waals surface area contributed by atoms with E-state index in [0.717, 1.165) is 17.7 Å². The second-order valence-electron chi connectivity index (χ2n) is 7.65. The monoisotopic (exact) mass is 388 g/mol. The molecule has 1 aliphatic rings. The first-order valence-corrected chi connectivity index (χ1v) is 10.5. The van der Waals surface area contributed by atoms with E-state index < -0.39 is 0 Å². The Morgan fingerprint density at radius 2 is 1.66 bits per heavy atom. The molecule has 0 aromatic heterocycles. The number of nitrogens with zero attached hydrogens (tertiary/aromatic N) is 1. The summed E-state index contributed by atoms with van der Waals surface area (Å²) in [4.78, 5) is 14.8. The molecule has 1 N–H and O–H groups in total. The minimum atomic E-state index is -0.0587. The highest BCUT2D eigenvalue weighted by molar-refractivity contribution is 5.94. The fourth-order valence-electron chi connectivity index (χ4n) is 3.83. The zero-order valence-corrected chi connectivity index (χ0v) is 16.8. The van der Waals surface area contributed by atoms with E-state index in [1.807, 2.05) is 36.4 Å². The SMILES string of the molecule is O=C(NCCOc1ccc2ccccc2c1)c1ccc(CN2CCCCC2)cc1. The average molecular weight is 389 g/mol. The Labute approximate surface area is 172 Å². The van der Waals surface area contributed by atoms with E-state index in [0.29, 0.717) is 18.7 Å². The molecule has 0 atom stereocenters. The maximum atomic E-state index is 12.4. The summed E-state index contributed by atoms with van der Waals surface area (Å²) < 4.78 is 5.78. The van der Waals surface area contributed by atoms with Gasteiger partial charge in [0.25, 0.3) is 5.91 Å². The lowest BCUT2D eigenvalue weighted by Gasteiger charge is -2.26. The summed E-state index contributed by atoms with van der Waals surface area (Å²) >= 11 is 0. The van der Waals surface area contributed by atoms with Crippen LogP contribution in [0, 0.1) is 0 Å². The van der Waals surface area contributed by atoms with Crippen molar-refractivity contribution in [3.63, 3.8) is 0 Å². The minimum absolute atomic E-state index is 0.0587. The Hall–Kier alpha value is -2.85. The smallest absolute Gasteiger partial charge is 0.251 e. The molecule has 1 aliphatic heterocycles. The number of likely N-dealkylation sites (tertiary alicyclic amines) is 1. The number of piperidine rings is 1. The standard InChI is InChI=1S/C25H28N2O2/c28-25(22-10-8-20(9-11-22)19-27-15-4-1-5-16-27)26-14-17-29-24-13-12-21-6-2-3-7-23(21)18-24/h2-3,6-13,18H,1,4-5,14-17,19H2,(H,26,28). The van der Waals surface area contributed by atoms with Crippen LogP contribution in [0.15, 0.2) is 66.7 Å². The van der Waals surface area contributed by atoms with Crippen LogP contribution in [-0.2, 0) is 6.54 Å². The summed E-state index contributed by atoms with van der Waals surface area (Å²) in [7, 11) is 0. The van der Waals surface area contributed by atoms with Gasteiger partial charge in [-0.2, -0.15) is 0 Å². The van der Waals surface area contributed by atoms with E-state index in [1.165, 1.54) is 43.3 Å². The van der Waals surface area contributed by atoms with Gasteiger partial charge in [-0.1, -0.05) is 48.9 Å². The molecular formula is C25H28N2O2. The van der Waals surface area contributed by atoms with Crippen LogP contribution in [0.5, 0.6) is 5.75 Å². The second kappa shape index (κ2) is 9.57. The van der Waals surface area contributed by atoms with E-state index in [9.17, 15) is 4.79 Å². The van der Waals surface area contributed by atoms with Gasteiger partial charge in [0.1, 0.15) is 12.4 Å². The van der Waals surface area contributed by atoms with Crippen LogP contribution in [0.1, 0.15) is 35.2 Å². The molecule has 4 nitrogen and oxygen atoms in total. The minimum Gasteiger partial charge on any atom is -0.492 e. The van der Waals surface area contributed by atoms with Gasteiger partial charge in [-0.3, -0.25) is 9.69 Å². The van der Waals surface area contributed by atoms with E-state index in [2.05, 4.69) is 40.5 Å². The van der Waals surface area contributed by atoms with Crippen LogP contribution < -0.4 is 10.1 Å². The van der Waals surface area contributed by atoms with Crippen LogP contribution in [0.4, 0.5) is 0 Å². The van der Waals surface area contributed by atoms with Crippen molar-refractivity contribution in [3.05, 3.63) is 77.9 Å². The molecule has 0 unspecified atom stereocenters. The first kappa shape index (κ1) is 19.5. The Balaban J connectivity index is 1.22. The molecule has 1 fully saturated rings. The van der Waals surface area contributed by atoms with Gasteiger partial charge in [0.15, 0.2) is 0 Å². The molecule has 1 amide bonds. The quantitative estimate of drug-likeness (QED) is 0.600. The van der Waals surface area contributed by atoms with E-state index in [1.54, 1.807) is 0 Å². The number of amides is 1. The Morgan fingerprint density at radius 1 is 0.897 bits per heavy atom. The number of rotatable bonds is 7. The molecule has 150 valence electrons. The molecule has 4 rings (SSSR count). The average Bonchev–Trinajstić information content (AvgIpc) is 2.78. The molecule has 3 aromatic carbocycles. The highest BCUT2D eigenvalue weighted by Crippen LogP contribution is 2.20. The highest BCUT2D eigenvalue weighted by Gasteiger charge is 2.11. The van der Waals surface area contributed by atoms with Crippen LogP contribution in [-0.4, -0.2) is 37.0 Å². The summed E-state index contributed by atoms with van der Waals surface area (Å²) in [6.45, 7) is 4.25. The van der Waals surface area contributed by atoms with Crippen LogP contribution in [0.25, 0.3) is 10.8 Å². The third-order valence-electron chi connectivity index (χ3n) is 5.45. The zero-order chi connectivity index (χ0) is 19.9. The molecule has 0 spiro atoms. The molecule has 0 radical (unpaired) electrons. The van der Waals surface area contributed by atoms with Gasteiger partial charge in [-0.25, -0.2) is 0 Å². The molecule has 0 bridgehead atoms. The van der Waals surface area contributed by atoms with Gasteiger partial charge in [-0.05, 0) is 66.5 Å². The van der Waals surface area contributed by atoms with Crippen molar-refractivity contribution < 1.29 is 9.53 Å². The van der Waals surface area contributed by atoms with Gasteiger partial charge in [0, 0.05) is 12.1 Å². The van der Waals surface area contributed by atoms with E-state index in [-0.39, 0.29) is 5.91 Å². The molecular weight excluding hydrogens is 360 g/mol. The van der Waals surface area contributed by atoms with Crippen molar-refractivity contribution in [2.75, 3.05) is 26.2 Å². The van der Waals surface area contributed by atoms with Crippen molar-refractivity contribution >= 4 is 16.7 Å². The number of nitrogens with one attached hydrogen (secondary N) is 1. The lowest BCUT2D eigenvalue weighted by molar-refractivity contribution is 0.0947. The number of ether oxygens (including phenoxy) is 1. The number of carbonyl (C=O) groups is 1. The molecule has 0 saturated carbocycles. The van der Waals surface area contributed by atoms with Gasteiger partial charge in [0.05, 0.1) is 6.54 Å². The number of carbonyl (C=O) groups excluding carboxylic acids is 1. The van der Waals surface area contributed by atoms with Crippen molar-refractivity contribution in [1.82, 2.24) is 10.2 Å². The van der Waals surface area contributed by atoms with Crippen molar-refractivity contribution in [1.29, 1.82) is 0 Å². The van der Waals surface area contributed by atoms with Gasteiger partial charge in [-0.15, -0.1) is 0 Å². The third-order valence-corrected chi connectivity index (χ3v) is 5.45. The van der Waals surface area contributed by atoms with Crippen LogP contribution in [0.3, 0.4) is 0 Å². The predicted molar refractivity (Wildman–Crippen MR) is 117 cm³/mol. The first-order valence-electron chi connectivity index (χ1n) is 10.5. The summed E-state index contributed by atoms with van der Waals surface area (Å²) in [6, 6.07) is 22.2. The maximum Gasteiger partial charge on any atom is 0.251 e. The van der Waals surface area contributed by atoms with Crippen molar-refractivity contribution in [2.24, 2.45) is 0 Å². The van der Waals surface area contributed by atoms with Gasteiger partial charge in [0.2, 0.25) is 0 Å². The van der Waals surface area contributed by atoms with Gasteiger partial charge < -0.3 is 10.1 Å². The number of benzene rings is 3. The molecule has 3 aromatic rings. The Kier molecular flexibility index (Phi) is 6.42. The Morgan fingerprint density at radius 3 is 2.45 bits per heavy atom. The molecule has 1 heterocycles. The lowest BCUT2D eigenvalue weighted by atomic mass is 10.1. The van der Waals surface area contributed by atoms with E-state index >= 15 is 0 Å². The summed E-state index contributed by atoms with van der Waals surface area (Å²) in [6.07, 6.45) is 3.93. The van der Waals surface area contributed by atoms with Crippen LogP contribution >= 0.6 is 0 Å². The lowest BCUT2D eigenvalue weighted by Crippen LogP contribution is -2.29. The summed E-state index contributed by atoms with van der Waals surface area (Å²) in [5.74, 6) is 0.761. The number of hydrogen-bond donors (Lipinski definition) is 1. The van der Waals surface area contributed by atoms with Crippen molar-refractivity contribution in [2.45, 2.75) is 25.8 Å². The predicted octanol–water partition coefficient (Wildman–Crippen LogP) is 4.63. The second-order valence-corrected chi connectivity index (χ2v) is 7.65. The maximum absolute atomic E-state index is 12.4. The Bertz CT molecular complexity index is 946. The third kappa shape index (κ3) is 5.36. The zero-order valence-electron chi connectivity index (χ0n) is 16.8. The van der Waals surface area contributed by atoms with Gasteiger partial charge >= 0.3 is 0 Å². The molecule has 29 heavy (non-hydrogen) atoms. The molecule has 0 aliphatic carbocycles.